The van der Waals surface area contributed by atoms with Gasteiger partial charge in [-0.25, -0.2) is 0 Å². The van der Waals surface area contributed by atoms with Crippen molar-refractivity contribution in [3.05, 3.63) is 0 Å². The summed E-state index contributed by atoms with van der Waals surface area (Å²) in [4.78, 5) is 0. The van der Waals surface area contributed by atoms with Crippen LogP contribution in [0.5, 0.6) is 0 Å². The first-order valence-corrected chi connectivity index (χ1v) is 6.39. The molecule has 7 heteroatoms. The van der Waals surface area contributed by atoms with Crippen LogP contribution in [-0.4, -0.2) is 30.8 Å². The Hall–Kier alpha value is 0.01000. The van der Waals surface area contributed by atoms with Gasteiger partial charge in [0.05, 0.1) is 12.3 Å². The van der Waals surface area contributed by atoms with E-state index in [9.17, 15) is 26.3 Å². The number of hydrogen-bond donors (Lipinski definition) is 0. The summed E-state index contributed by atoms with van der Waals surface area (Å²) in [6.45, 7) is 1.74. The molecule has 92 valence electrons. The van der Waals surface area contributed by atoms with Crippen LogP contribution in [0.3, 0.4) is 0 Å². The minimum absolute atomic E-state index is 0.0465. The average molecular weight is 254 g/mol. The lowest BCUT2D eigenvalue weighted by Gasteiger charge is -2.20. The van der Waals surface area contributed by atoms with E-state index in [0.717, 1.165) is 0 Å². The number of halogens is 6. The zero-order valence-electron chi connectivity index (χ0n) is 8.25. The van der Waals surface area contributed by atoms with Crippen molar-refractivity contribution in [3.63, 3.8) is 0 Å². The third kappa shape index (κ3) is 10.3. The van der Waals surface area contributed by atoms with Crippen LogP contribution >= 0.6 is 7.92 Å². The SMILES string of the molecule is CCCCP(CC(F)(F)F)CC(F)(F)F. The molecule has 0 nitrogen and oxygen atoms in total. The minimum atomic E-state index is -4.48. The predicted molar refractivity (Wildman–Crippen MR) is 48.5 cm³/mol. The van der Waals surface area contributed by atoms with E-state index < -0.39 is 32.6 Å². The Morgan fingerprint density at radius 2 is 1.27 bits per heavy atom. The summed E-state index contributed by atoms with van der Waals surface area (Å²) in [5, 5.41) is 0. The van der Waals surface area contributed by atoms with Gasteiger partial charge in [0, 0.05) is 0 Å². The van der Waals surface area contributed by atoms with Gasteiger partial charge in [0.2, 0.25) is 0 Å². The van der Waals surface area contributed by atoms with E-state index in [1.165, 1.54) is 0 Å². The van der Waals surface area contributed by atoms with E-state index in [0.29, 0.717) is 12.8 Å². The standard InChI is InChI=1S/C8H13F6P/c1-2-3-4-15(5-7(9,10)11)6-8(12,13)14/h2-6H2,1H3. The quantitative estimate of drug-likeness (QED) is 0.504. The van der Waals surface area contributed by atoms with E-state index in [1.54, 1.807) is 6.92 Å². The predicted octanol–water partition coefficient (Wildman–Crippen LogP) is 4.39. The second kappa shape index (κ2) is 5.92. The Morgan fingerprint density at radius 3 is 1.53 bits per heavy atom. The smallest absolute Gasteiger partial charge is 0.171 e. The van der Waals surface area contributed by atoms with Crippen LogP contribution in [0.25, 0.3) is 0 Å². The van der Waals surface area contributed by atoms with Crippen LogP contribution in [0, 0.1) is 0 Å². The molecule has 0 aromatic heterocycles. The molecule has 0 atom stereocenters. The molecule has 0 aliphatic carbocycles. The van der Waals surface area contributed by atoms with Crippen LogP contribution in [0.15, 0.2) is 0 Å². The molecule has 0 amide bonds. The molecule has 0 saturated carbocycles. The van der Waals surface area contributed by atoms with Gasteiger partial charge in [-0.05, 0) is 12.6 Å². The lowest BCUT2D eigenvalue weighted by molar-refractivity contribution is -0.111. The lowest BCUT2D eigenvalue weighted by atomic mass is 10.4. The molecule has 0 N–H and O–H groups in total. The first kappa shape index (κ1) is 15.0. The van der Waals surface area contributed by atoms with Crippen molar-refractivity contribution in [1.82, 2.24) is 0 Å². The van der Waals surface area contributed by atoms with Gasteiger partial charge in [-0.15, -0.1) is 0 Å². The molecule has 0 radical (unpaired) electrons. The molecule has 0 saturated heterocycles. The maximum absolute atomic E-state index is 12.0. The van der Waals surface area contributed by atoms with E-state index in [1.807, 2.05) is 0 Å². The van der Waals surface area contributed by atoms with Gasteiger partial charge in [-0.1, -0.05) is 21.3 Å². The van der Waals surface area contributed by atoms with E-state index in [-0.39, 0.29) is 6.16 Å². The first-order valence-electron chi connectivity index (χ1n) is 4.50. The molecular weight excluding hydrogens is 241 g/mol. The summed E-state index contributed by atoms with van der Waals surface area (Å²) in [5.74, 6) is 0. The molecule has 0 bridgehead atoms. The Bertz CT molecular complexity index is 157. The monoisotopic (exact) mass is 254 g/mol. The topological polar surface area (TPSA) is 0 Å². The van der Waals surface area contributed by atoms with Gasteiger partial charge >= 0.3 is 12.4 Å². The molecule has 0 heterocycles. The van der Waals surface area contributed by atoms with Gasteiger partial charge in [0.25, 0.3) is 0 Å². The second-order valence-electron chi connectivity index (χ2n) is 3.29. The Morgan fingerprint density at radius 1 is 0.867 bits per heavy atom. The van der Waals surface area contributed by atoms with Crippen LogP contribution in [-0.2, 0) is 0 Å². The Balaban J connectivity index is 4.19. The highest BCUT2D eigenvalue weighted by atomic mass is 31.1. The van der Waals surface area contributed by atoms with Crippen molar-refractivity contribution in [1.29, 1.82) is 0 Å². The third-order valence-corrected chi connectivity index (χ3v) is 4.19. The summed E-state index contributed by atoms with van der Waals surface area (Å²) >= 11 is 0. The number of alkyl halides is 6. The maximum atomic E-state index is 12.0. The van der Waals surface area contributed by atoms with E-state index in [2.05, 4.69) is 0 Å². The summed E-state index contributed by atoms with van der Waals surface area (Å²) in [5.41, 5.74) is 0. The first-order chi connectivity index (χ1) is 6.64. The highest BCUT2D eigenvalue weighted by molar-refractivity contribution is 7.57. The normalized spacial score (nSPS) is 13.6. The Kier molecular flexibility index (Phi) is 5.93. The molecule has 15 heavy (non-hydrogen) atoms. The van der Waals surface area contributed by atoms with Gasteiger partial charge in [0.1, 0.15) is 0 Å². The summed E-state index contributed by atoms with van der Waals surface area (Å²) < 4.78 is 71.7. The van der Waals surface area contributed by atoms with E-state index in [4.69, 9.17) is 0 Å². The van der Waals surface area contributed by atoms with Crippen molar-refractivity contribution in [2.45, 2.75) is 32.1 Å². The molecule has 0 unspecified atom stereocenters. The van der Waals surface area contributed by atoms with Gasteiger partial charge in [-0.2, -0.15) is 26.3 Å². The van der Waals surface area contributed by atoms with Crippen LogP contribution in [0.1, 0.15) is 19.8 Å². The van der Waals surface area contributed by atoms with Crippen LogP contribution in [0.2, 0.25) is 0 Å². The molecule has 0 aliphatic heterocycles. The molecule has 0 aromatic carbocycles. The molecular formula is C8H13F6P. The molecule has 0 fully saturated rings. The van der Waals surface area contributed by atoms with E-state index >= 15 is 0 Å². The van der Waals surface area contributed by atoms with Gasteiger partial charge in [-0.3, -0.25) is 0 Å². The lowest BCUT2D eigenvalue weighted by Crippen LogP contribution is -2.20. The van der Waals surface area contributed by atoms with Crippen molar-refractivity contribution >= 4 is 7.92 Å². The highest BCUT2D eigenvalue weighted by Gasteiger charge is 2.37. The van der Waals surface area contributed by atoms with Crippen LogP contribution in [0.4, 0.5) is 26.3 Å². The number of rotatable bonds is 5. The van der Waals surface area contributed by atoms with Crippen molar-refractivity contribution < 1.29 is 26.3 Å². The van der Waals surface area contributed by atoms with Crippen LogP contribution < -0.4 is 0 Å². The summed E-state index contributed by atoms with van der Waals surface area (Å²) in [7, 11) is -1.99. The molecule has 0 rings (SSSR count). The largest absolute Gasteiger partial charge is 0.392 e. The van der Waals surface area contributed by atoms with Gasteiger partial charge in [0.15, 0.2) is 0 Å². The minimum Gasteiger partial charge on any atom is -0.171 e. The molecule has 0 aliphatic rings. The zero-order chi connectivity index (χ0) is 12.1. The highest BCUT2D eigenvalue weighted by Crippen LogP contribution is 2.46. The number of unbranched alkanes of at least 4 members (excludes halogenated alkanes) is 1. The Labute approximate surface area is 85.8 Å². The third-order valence-electron chi connectivity index (χ3n) is 1.63. The fourth-order valence-electron chi connectivity index (χ4n) is 1.10. The van der Waals surface area contributed by atoms with Crippen molar-refractivity contribution in [2.24, 2.45) is 0 Å². The second-order valence-corrected chi connectivity index (χ2v) is 5.72. The van der Waals surface area contributed by atoms with Gasteiger partial charge < -0.3 is 0 Å². The molecule has 0 aromatic rings. The van der Waals surface area contributed by atoms with Crippen molar-refractivity contribution in [2.75, 3.05) is 18.5 Å². The average Bonchev–Trinajstić information content (AvgIpc) is 1.94. The summed E-state index contributed by atoms with van der Waals surface area (Å²) in [6.07, 6.45) is -10.4. The fourth-order valence-corrected chi connectivity index (χ4v) is 3.31. The van der Waals surface area contributed by atoms with Crippen molar-refractivity contribution in [3.8, 4) is 0 Å². The zero-order valence-corrected chi connectivity index (χ0v) is 9.14. The maximum Gasteiger partial charge on any atom is 0.392 e. The molecule has 0 spiro atoms. The fraction of sp³-hybridized carbons (Fsp3) is 1.00. The number of hydrogen-bond acceptors (Lipinski definition) is 0. The summed E-state index contributed by atoms with van der Waals surface area (Å²) in [6, 6.07) is 0.